The number of alkyl halides is 3. The molecule has 0 spiro atoms. The molecule has 7 nitrogen and oxygen atoms in total. The van der Waals surface area contributed by atoms with Crippen molar-refractivity contribution in [3.8, 4) is 0 Å². The normalized spacial score (nSPS) is 21.6. The molecular formula is C29H38F4N6O. The largest absolute Gasteiger partial charge is 0.419 e. The highest BCUT2D eigenvalue weighted by Crippen LogP contribution is 2.37. The lowest BCUT2D eigenvalue weighted by Gasteiger charge is -2.40. The molecule has 1 aromatic carbocycles. The fourth-order valence-electron chi connectivity index (χ4n) is 6.26. The van der Waals surface area contributed by atoms with Crippen LogP contribution in [0.25, 0.3) is 0 Å². The van der Waals surface area contributed by atoms with E-state index in [1.807, 2.05) is 0 Å². The second-order valence-electron chi connectivity index (χ2n) is 11.5. The summed E-state index contributed by atoms with van der Waals surface area (Å²) in [7, 11) is 0. The minimum atomic E-state index is -4.79. The summed E-state index contributed by atoms with van der Waals surface area (Å²) in [6.45, 7) is 12.1. The molecular weight excluding hydrogens is 524 g/mol. The number of hydrogen-bond acceptors (Lipinski definition) is 6. The third kappa shape index (κ3) is 5.95. The number of nitrogens with zero attached hydrogens (tertiary/aromatic N) is 6. The topological polar surface area (TPSA) is 55.8 Å². The van der Waals surface area contributed by atoms with Gasteiger partial charge in [-0.3, -0.25) is 14.6 Å². The molecule has 3 aliphatic rings. The van der Waals surface area contributed by atoms with Crippen molar-refractivity contribution < 1.29 is 22.4 Å². The van der Waals surface area contributed by atoms with E-state index < -0.39 is 23.5 Å². The number of aryl methyl sites for hydroxylation is 1. The molecule has 40 heavy (non-hydrogen) atoms. The van der Waals surface area contributed by atoms with Crippen LogP contribution < -0.4 is 4.90 Å². The summed E-state index contributed by atoms with van der Waals surface area (Å²) < 4.78 is 54.4. The highest BCUT2D eigenvalue weighted by molar-refractivity contribution is 5.84. The Bertz CT molecular complexity index is 1210. The molecule has 5 rings (SSSR count). The average molecular weight is 563 g/mol. The monoisotopic (exact) mass is 562 g/mol. The van der Waals surface area contributed by atoms with E-state index in [9.17, 15) is 22.4 Å². The number of benzene rings is 1. The summed E-state index contributed by atoms with van der Waals surface area (Å²) in [4.78, 5) is 31.4. The van der Waals surface area contributed by atoms with Crippen LogP contribution in [0.4, 0.5) is 23.4 Å². The number of piperazine rings is 2. The van der Waals surface area contributed by atoms with E-state index in [-0.39, 0.29) is 11.5 Å². The predicted molar refractivity (Wildman–Crippen MR) is 145 cm³/mol. The van der Waals surface area contributed by atoms with Gasteiger partial charge in [0.15, 0.2) is 0 Å². The molecule has 2 atom stereocenters. The minimum Gasteiger partial charge on any atom is -0.353 e. The molecule has 0 saturated carbocycles. The van der Waals surface area contributed by atoms with E-state index in [0.29, 0.717) is 44.7 Å². The second kappa shape index (κ2) is 11.6. The Labute approximate surface area is 233 Å². The zero-order chi connectivity index (χ0) is 28.6. The van der Waals surface area contributed by atoms with Crippen molar-refractivity contribution in [1.29, 1.82) is 0 Å². The summed E-state index contributed by atoms with van der Waals surface area (Å²) in [6.07, 6.45) is -1.18. The summed E-state index contributed by atoms with van der Waals surface area (Å²) >= 11 is 0. The van der Waals surface area contributed by atoms with Crippen LogP contribution in [0.5, 0.6) is 0 Å². The molecule has 218 valence electrons. The molecule has 2 fully saturated rings. The summed E-state index contributed by atoms with van der Waals surface area (Å²) in [5.74, 6) is -0.944. The predicted octanol–water partition coefficient (Wildman–Crippen LogP) is 4.14. The second-order valence-corrected chi connectivity index (χ2v) is 11.5. The minimum absolute atomic E-state index is 0.175. The Morgan fingerprint density at radius 2 is 1.73 bits per heavy atom. The van der Waals surface area contributed by atoms with Crippen molar-refractivity contribution in [2.24, 2.45) is 0 Å². The zero-order valence-corrected chi connectivity index (χ0v) is 23.4. The number of aromatic nitrogens is 2. The number of rotatable bonds is 6. The maximum absolute atomic E-state index is 14.6. The number of carbonyl (C=O) groups excluding carboxylic acids is 1. The third-order valence-corrected chi connectivity index (χ3v) is 8.72. The molecule has 1 amide bonds. The van der Waals surface area contributed by atoms with Crippen LogP contribution in [-0.2, 0) is 17.4 Å². The highest BCUT2D eigenvalue weighted by Gasteiger charge is 2.37. The number of halogens is 4. The van der Waals surface area contributed by atoms with Gasteiger partial charge in [-0.25, -0.2) is 14.4 Å². The molecule has 2 saturated heterocycles. The summed E-state index contributed by atoms with van der Waals surface area (Å²) in [5, 5.41) is 0. The molecule has 0 bridgehead atoms. The van der Waals surface area contributed by atoms with Crippen LogP contribution in [0.1, 0.15) is 61.4 Å². The number of fused-ring (bicyclic) bond motifs is 1. The van der Waals surface area contributed by atoms with E-state index in [4.69, 9.17) is 0 Å². The Kier molecular flexibility index (Phi) is 8.33. The van der Waals surface area contributed by atoms with E-state index in [2.05, 4.69) is 45.4 Å². The summed E-state index contributed by atoms with van der Waals surface area (Å²) in [6, 6.07) is 3.34. The lowest BCUT2D eigenvalue weighted by atomic mass is 9.94. The van der Waals surface area contributed by atoms with Gasteiger partial charge < -0.3 is 9.80 Å². The van der Waals surface area contributed by atoms with Crippen molar-refractivity contribution >= 4 is 11.7 Å². The highest BCUT2D eigenvalue weighted by atomic mass is 19.4. The third-order valence-electron chi connectivity index (χ3n) is 8.72. The van der Waals surface area contributed by atoms with Crippen molar-refractivity contribution in [2.75, 3.05) is 63.8 Å². The lowest BCUT2D eigenvalue weighted by Crippen LogP contribution is -2.53. The lowest BCUT2D eigenvalue weighted by molar-refractivity contribution is -0.140. The van der Waals surface area contributed by atoms with Gasteiger partial charge in [0, 0.05) is 76.2 Å². The van der Waals surface area contributed by atoms with Crippen molar-refractivity contribution in [3.63, 3.8) is 0 Å². The standard InChI is InChI=1S/C29H38F4N6O/c1-19(2)37-10-8-36(9-11-37)17-22(21-5-6-23(24(30)16-21)29(31,32)33)28(40)39-14-12-38(13-15-39)27-26-20(3)4-7-25(26)34-18-35-27/h5-6,16,18-20,22H,4,7-15,17H2,1-3H3/t20-,22-/m1/s1. The maximum atomic E-state index is 14.6. The quantitative estimate of drug-likeness (QED) is 0.494. The molecule has 3 heterocycles. The van der Waals surface area contributed by atoms with Gasteiger partial charge in [0.05, 0.1) is 11.5 Å². The van der Waals surface area contributed by atoms with E-state index >= 15 is 0 Å². The van der Waals surface area contributed by atoms with Crippen molar-refractivity contribution in [2.45, 2.75) is 57.7 Å². The number of anilines is 1. The Morgan fingerprint density at radius 3 is 2.35 bits per heavy atom. The molecule has 2 aliphatic heterocycles. The van der Waals surface area contributed by atoms with E-state index in [0.717, 1.165) is 62.7 Å². The first kappa shape index (κ1) is 28.7. The Morgan fingerprint density at radius 1 is 1.02 bits per heavy atom. The average Bonchev–Trinajstić information content (AvgIpc) is 3.32. The maximum Gasteiger partial charge on any atom is 0.419 e. The molecule has 1 aliphatic carbocycles. The van der Waals surface area contributed by atoms with Crippen LogP contribution >= 0.6 is 0 Å². The van der Waals surface area contributed by atoms with E-state index in [1.165, 1.54) is 11.6 Å². The molecule has 11 heteroatoms. The van der Waals surface area contributed by atoms with E-state index in [1.54, 1.807) is 11.2 Å². The van der Waals surface area contributed by atoms with Gasteiger partial charge in [0.1, 0.15) is 18.0 Å². The first-order valence-electron chi connectivity index (χ1n) is 14.2. The van der Waals surface area contributed by atoms with Gasteiger partial charge in [0.25, 0.3) is 0 Å². The molecule has 0 N–H and O–H groups in total. The van der Waals surface area contributed by atoms with Crippen LogP contribution in [0.15, 0.2) is 24.5 Å². The van der Waals surface area contributed by atoms with Crippen LogP contribution in [-0.4, -0.2) is 95.5 Å². The van der Waals surface area contributed by atoms with Crippen molar-refractivity contribution in [3.05, 3.63) is 52.7 Å². The van der Waals surface area contributed by atoms with Gasteiger partial charge in [0.2, 0.25) is 5.91 Å². The smallest absolute Gasteiger partial charge is 0.353 e. The van der Waals surface area contributed by atoms with Gasteiger partial charge in [-0.2, -0.15) is 13.2 Å². The first-order chi connectivity index (χ1) is 19.0. The van der Waals surface area contributed by atoms with Gasteiger partial charge in [-0.15, -0.1) is 0 Å². The number of amides is 1. The molecule has 0 unspecified atom stereocenters. The first-order valence-corrected chi connectivity index (χ1v) is 14.2. The van der Waals surface area contributed by atoms with Gasteiger partial charge >= 0.3 is 6.18 Å². The molecule has 0 radical (unpaired) electrons. The molecule has 2 aromatic rings. The number of carbonyl (C=O) groups is 1. The Balaban J connectivity index is 1.33. The van der Waals surface area contributed by atoms with Gasteiger partial charge in [-0.05, 0) is 50.3 Å². The van der Waals surface area contributed by atoms with Gasteiger partial charge in [-0.1, -0.05) is 13.0 Å². The van der Waals surface area contributed by atoms with Crippen molar-refractivity contribution in [1.82, 2.24) is 24.7 Å². The summed E-state index contributed by atoms with van der Waals surface area (Å²) in [5.41, 5.74) is 1.26. The van der Waals surface area contributed by atoms with Crippen LogP contribution in [0.3, 0.4) is 0 Å². The number of hydrogen-bond donors (Lipinski definition) is 0. The van der Waals surface area contributed by atoms with Crippen LogP contribution in [0.2, 0.25) is 0 Å². The molecule has 1 aromatic heterocycles. The fourth-order valence-corrected chi connectivity index (χ4v) is 6.26. The van der Waals surface area contributed by atoms with Crippen LogP contribution in [0, 0.1) is 5.82 Å². The zero-order valence-electron chi connectivity index (χ0n) is 23.4. The Hall–Kier alpha value is -2.79. The SMILES string of the molecule is CC(C)N1CCN(C[C@@H](C(=O)N2CCN(c3ncnc4c3[C@H](C)CC4)CC2)c2ccc(C(F)(F)F)c(F)c2)CC1. The fraction of sp³-hybridized carbons (Fsp3) is 0.621.